The van der Waals surface area contributed by atoms with Crippen LogP contribution < -0.4 is 10.1 Å². The second-order valence-electron chi connectivity index (χ2n) is 4.18. The maximum Gasteiger partial charge on any atom is 0.305 e. The minimum absolute atomic E-state index is 0.0921. The fourth-order valence-corrected chi connectivity index (χ4v) is 1.74. The molecule has 0 unspecified atom stereocenters. The molecule has 6 nitrogen and oxygen atoms in total. The molecule has 0 aliphatic rings. The number of rotatable bonds is 5. The summed E-state index contributed by atoms with van der Waals surface area (Å²) in [6.45, 7) is 0.0921. The van der Waals surface area contributed by atoms with E-state index in [1.54, 1.807) is 25.3 Å². The SMILES string of the molecule is COc1ccc2cc(C(=O)NCCC(=O)O)cnc2c1. The number of hydrogen-bond donors (Lipinski definition) is 2. The van der Waals surface area contributed by atoms with Crippen LogP contribution in [-0.4, -0.2) is 35.6 Å². The molecule has 0 fully saturated rings. The minimum Gasteiger partial charge on any atom is -0.497 e. The highest BCUT2D eigenvalue weighted by molar-refractivity contribution is 5.97. The van der Waals surface area contributed by atoms with Gasteiger partial charge in [-0.05, 0) is 18.2 Å². The average molecular weight is 274 g/mol. The zero-order valence-corrected chi connectivity index (χ0v) is 10.9. The molecule has 1 aromatic heterocycles. The molecule has 0 aliphatic carbocycles. The number of carboxylic acids is 1. The average Bonchev–Trinajstić information content (AvgIpc) is 2.45. The molecule has 0 atom stereocenters. The third kappa shape index (κ3) is 3.23. The van der Waals surface area contributed by atoms with Crippen LogP contribution in [0.15, 0.2) is 30.5 Å². The van der Waals surface area contributed by atoms with Crippen molar-refractivity contribution in [3.8, 4) is 5.75 Å². The Morgan fingerprint density at radius 1 is 1.35 bits per heavy atom. The van der Waals surface area contributed by atoms with Crippen molar-refractivity contribution in [2.24, 2.45) is 0 Å². The molecular weight excluding hydrogens is 260 g/mol. The minimum atomic E-state index is -0.950. The van der Waals surface area contributed by atoms with Crippen LogP contribution in [0, 0.1) is 0 Å². The number of nitrogens with zero attached hydrogens (tertiary/aromatic N) is 1. The third-order valence-corrected chi connectivity index (χ3v) is 2.78. The summed E-state index contributed by atoms with van der Waals surface area (Å²) < 4.78 is 5.10. The number of aliphatic carboxylic acids is 1. The summed E-state index contributed by atoms with van der Waals surface area (Å²) in [4.78, 5) is 26.4. The number of carboxylic acid groups (broad SMARTS) is 1. The summed E-state index contributed by atoms with van der Waals surface area (Å²) in [5.74, 6) is -0.589. The molecule has 104 valence electrons. The summed E-state index contributed by atoms with van der Waals surface area (Å²) in [7, 11) is 1.57. The predicted molar refractivity (Wildman–Crippen MR) is 72.9 cm³/mol. The number of fused-ring (bicyclic) bond motifs is 1. The first-order valence-corrected chi connectivity index (χ1v) is 6.04. The number of aromatic nitrogens is 1. The van der Waals surface area contributed by atoms with Gasteiger partial charge in [0.1, 0.15) is 5.75 Å². The van der Waals surface area contributed by atoms with Gasteiger partial charge >= 0.3 is 5.97 Å². The molecule has 6 heteroatoms. The van der Waals surface area contributed by atoms with Crippen LogP contribution in [0.2, 0.25) is 0 Å². The lowest BCUT2D eigenvalue weighted by Gasteiger charge is -2.05. The zero-order valence-electron chi connectivity index (χ0n) is 10.9. The molecule has 1 heterocycles. The van der Waals surface area contributed by atoms with E-state index in [4.69, 9.17) is 9.84 Å². The van der Waals surface area contributed by atoms with Crippen LogP contribution in [-0.2, 0) is 4.79 Å². The fraction of sp³-hybridized carbons (Fsp3) is 0.214. The number of ether oxygens (including phenoxy) is 1. The maximum absolute atomic E-state index is 11.8. The molecule has 1 amide bonds. The summed E-state index contributed by atoms with van der Waals surface area (Å²) in [6.07, 6.45) is 1.35. The molecule has 1 aromatic carbocycles. The number of carbonyl (C=O) groups excluding carboxylic acids is 1. The molecule has 0 saturated carbocycles. The number of pyridine rings is 1. The van der Waals surface area contributed by atoms with E-state index >= 15 is 0 Å². The van der Waals surface area contributed by atoms with Gasteiger partial charge in [-0.2, -0.15) is 0 Å². The standard InChI is InChI=1S/C14H14N2O4/c1-20-11-3-2-9-6-10(8-16-12(9)7-11)14(19)15-5-4-13(17)18/h2-3,6-8H,4-5H2,1H3,(H,15,19)(H,17,18). The van der Waals surface area contributed by atoms with Crippen LogP contribution in [0.25, 0.3) is 10.9 Å². The summed E-state index contributed by atoms with van der Waals surface area (Å²) >= 11 is 0. The van der Waals surface area contributed by atoms with E-state index in [2.05, 4.69) is 10.3 Å². The number of amides is 1. The molecule has 0 bridgehead atoms. The van der Waals surface area contributed by atoms with Gasteiger partial charge < -0.3 is 15.2 Å². The van der Waals surface area contributed by atoms with Crippen LogP contribution in [0.3, 0.4) is 0 Å². The van der Waals surface area contributed by atoms with E-state index in [9.17, 15) is 9.59 Å². The first-order chi connectivity index (χ1) is 9.60. The monoisotopic (exact) mass is 274 g/mol. The highest BCUT2D eigenvalue weighted by Gasteiger charge is 2.08. The van der Waals surface area contributed by atoms with Crippen LogP contribution in [0.4, 0.5) is 0 Å². The topological polar surface area (TPSA) is 88.5 Å². The number of carbonyl (C=O) groups is 2. The van der Waals surface area contributed by atoms with Crippen LogP contribution >= 0.6 is 0 Å². The van der Waals surface area contributed by atoms with E-state index < -0.39 is 5.97 Å². The number of benzene rings is 1. The van der Waals surface area contributed by atoms with Crippen molar-refractivity contribution in [1.82, 2.24) is 10.3 Å². The van der Waals surface area contributed by atoms with E-state index in [-0.39, 0.29) is 18.9 Å². The summed E-state index contributed by atoms with van der Waals surface area (Å²) in [6, 6.07) is 7.09. The largest absolute Gasteiger partial charge is 0.497 e. The molecule has 2 aromatic rings. The second-order valence-corrected chi connectivity index (χ2v) is 4.18. The lowest BCUT2D eigenvalue weighted by molar-refractivity contribution is -0.136. The molecule has 2 N–H and O–H groups in total. The van der Waals surface area contributed by atoms with Gasteiger partial charge in [-0.3, -0.25) is 14.6 Å². The van der Waals surface area contributed by atoms with Gasteiger partial charge in [0.05, 0.1) is 24.6 Å². The molecule has 0 spiro atoms. The van der Waals surface area contributed by atoms with Crippen molar-refractivity contribution in [2.75, 3.05) is 13.7 Å². The Morgan fingerprint density at radius 2 is 2.15 bits per heavy atom. The normalized spacial score (nSPS) is 10.2. The lowest BCUT2D eigenvalue weighted by atomic mass is 10.1. The Labute approximate surface area is 115 Å². The van der Waals surface area contributed by atoms with E-state index in [1.165, 1.54) is 6.20 Å². The first kappa shape index (κ1) is 13.8. The lowest BCUT2D eigenvalue weighted by Crippen LogP contribution is -2.26. The third-order valence-electron chi connectivity index (χ3n) is 2.78. The summed E-state index contributed by atoms with van der Waals surface area (Å²) in [5, 5.41) is 11.9. The van der Waals surface area contributed by atoms with Gasteiger partial charge in [0.2, 0.25) is 0 Å². The van der Waals surface area contributed by atoms with Gasteiger partial charge in [0, 0.05) is 24.2 Å². The molecule has 0 aliphatic heterocycles. The number of nitrogens with one attached hydrogen (secondary N) is 1. The van der Waals surface area contributed by atoms with Gasteiger partial charge in [-0.1, -0.05) is 0 Å². The molecule has 20 heavy (non-hydrogen) atoms. The fourth-order valence-electron chi connectivity index (χ4n) is 1.74. The maximum atomic E-state index is 11.8. The van der Waals surface area contributed by atoms with E-state index in [1.807, 2.05) is 6.07 Å². The molecule has 0 radical (unpaired) electrons. The Bertz CT molecular complexity index is 655. The van der Waals surface area contributed by atoms with Crippen LogP contribution in [0.1, 0.15) is 16.8 Å². The van der Waals surface area contributed by atoms with Gasteiger partial charge in [0.15, 0.2) is 0 Å². The molecule has 0 saturated heterocycles. The highest BCUT2D eigenvalue weighted by Crippen LogP contribution is 2.19. The summed E-state index contributed by atoms with van der Waals surface area (Å²) in [5.41, 5.74) is 1.12. The van der Waals surface area contributed by atoms with Gasteiger partial charge in [-0.25, -0.2) is 0 Å². The Balaban J connectivity index is 2.15. The quantitative estimate of drug-likeness (QED) is 0.861. The first-order valence-electron chi connectivity index (χ1n) is 6.04. The van der Waals surface area contributed by atoms with Crippen molar-refractivity contribution < 1.29 is 19.4 Å². The van der Waals surface area contributed by atoms with Gasteiger partial charge in [-0.15, -0.1) is 0 Å². The second kappa shape index (κ2) is 6.01. The Morgan fingerprint density at radius 3 is 2.85 bits per heavy atom. The van der Waals surface area contributed by atoms with Crippen molar-refractivity contribution in [2.45, 2.75) is 6.42 Å². The molecular formula is C14H14N2O4. The zero-order chi connectivity index (χ0) is 14.5. The van der Waals surface area contributed by atoms with Crippen molar-refractivity contribution in [3.63, 3.8) is 0 Å². The van der Waals surface area contributed by atoms with E-state index in [0.717, 1.165) is 10.9 Å². The van der Waals surface area contributed by atoms with E-state index in [0.29, 0.717) is 11.3 Å². The Kier molecular flexibility index (Phi) is 4.14. The number of methoxy groups -OCH3 is 1. The highest BCUT2D eigenvalue weighted by atomic mass is 16.5. The van der Waals surface area contributed by atoms with Gasteiger partial charge in [0.25, 0.3) is 5.91 Å². The van der Waals surface area contributed by atoms with Crippen molar-refractivity contribution in [3.05, 3.63) is 36.0 Å². The number of hydrogen-bond acceptors (Lipinski definition) is 4. The van der Waals surface area contributed by atoms with Crippen molar-refractivity contribution in [1.29, 1.82) is 0 Å². The van der Waals surface area contributed by atoms with Crippen LogP contribution in [0.5, 0.6) is 5.75 Å². The van der Waals surface area contributed by atoms with Crippen molar-refractivity contribution >= 4 is 22.8 Å². The molecule has 2 rings (SSSR count). The smallest absolute Gasteiger partial charge is 0.305 e. The predicted octanol–water partition coefficient (Wildman–Crippen LogP) is 1.45. The Hall–Kier alpha value is -2.63.